The molecule has 0 saturated carbocycles. The van der Waals surface area contributed by atoms with Crippen LogP contribution in [0.1, 0.15) is 30.4 Å². The van der Waals surface area contributed by atoms with Gasteiger partial charge in [-0.15, -0.1) is 0 Å². The van der Waals surface area contributed by atoms with Crippen molar-refractivity contribution < 1.29 is 9.84 Å². The smallest absolute Gasteiger partial charge is 0.165 e. The Balaban J connectivity index is 1.50. The number of pyridine rings is 1. The monoisotopic (exact) mass is 374 g/mol. The van der Waals surface area contributed by atoms with Crippen molar-refractivity contribution in [3.05, 3.63) is 78.1 Å². The van der Waals surface area contributed by atoms with Crippen LogP contribution in [-0.2, 0) is 6.54 Å². The summed E-state index contributed by atoms with van der Waals surface area (Å²) in [6.07, 6.45) is 4.66. The molecule has 0 fully saturated rings. The molecule has 4 heteroatoms. The Morgan fingerprint density at radius 3 is 2.75 bits per heavy atom. The molecule has 28 heavy (non-hydrogen) atoms. The minimum absolute atomic E-state index is 0.204. The molecule has 0 amide bonds. The van der Waals surface area contributed by atoms with E-state index in [0.717, 1.165) is 42.7 Å². The maximum absolute atomic E-state index is 10.5. The molecule has 1 atom stereocenters. The molecule has 0 aliphatic carbocycles. The summed E-state index contributed by atoms with van der Waals surface area (Å²) in [5.41, 5.74) is 4.37. The maximum Gasteiger partial charge on any atom is 0.165 e. The van der Waals surface area contributed by atoms with Gasteiger partial charge < -0.3 is 9.84 Å². The lowest BCUT2D eigenvalue weighted by atomic mass is 9.97. The van der Waals surface area contributed by atoms with Crippen LogP contribution in [0.5, 0.6) is 11.5 Å². The fourth-order valence-corrected chi connectivity index (χ4v) is 3.77. The van der Waals surface area contributed by atoms with Gasteiger partial charge in [0.25, 0.3) is 0 Å². The molecule has 0 saturated heterocycles. The van der Waals surface area contributed by atoms with E-state index in [0.29, 0.717) is 18.3 Å². The van der Waals surface area contributed by atoms with Crippen LogP contribution in [0.3, 0.4) is 0 Å². The van der Waals surface area contributed by atoms with Crippen LogP contribution >= 0.6 is 0 Å². The van der Waals surface area contributed by atoms with Gasteiger partial charge in [-0.2, -0.15) is 0 Å². The summed E-state index contributed by atoms with van der Waals surface area (Å²) in [6.45, 7) is 5.50. The van der Waals surface area contributed by atoms with Crippen molar-refractivity contribution in [3.63, 3.8) is 0 Å². The number of hydrogen-bond donors (Lipinski definition) is 1. The van der Waals surface area contributed by atoms with E-state index in [9.17, 15) is 5.11 Å². The molecule has 0 radical (unpaired) electrons. The van der Waals surface area contributed by atoms with E-state index in [2.05, 4.69) is 53.2 Å². The lowest BCUT2D eigenvalue weighted by Gasteiger charge is -2.22. The third-order valence-corrected chi connectivity index (χ3v) is 5.44. The van der Waals surface area contributed by atoms with E-state index >= 15 is 0 Å². The van der Waals surface area contributed by atoms with Gasteiger partial charge in [0, 0.05) is 36.6 Å². The van der Waals surface area contributed by atoms with Crippen molar-refractivity contribution in [2.75, 3.05) is 19.7 Å². The molecular formula is C24H26N2O2. The SMILES string of the molecule is C[C@@H](CCN1CCOc2c(O)cc(-c3cccnc3)cc2C1)c1ccccc1. The van der Waals surface area contributed by atoms with E-state index in [4.69, 9.17) is 4.74 Å². The zero-order valence-corrected chi connectivity index (χ0v) is 16.2. The molecule has 1 aliphatic heterocycles. The minimum Gasteiger partial charge on any atom is -0.504 e. The average Bonchev–Trinajstić information content (AvgIpc) is 2.95. The van der Waals surface area contributed by atoms with Crippen molar-refractivity contribution in [2.45, 2.75) is 25.8 Å². The molecule has 3 aromatic rings. The molecule has 1 aliphatic rings. The molecule has 4 nitrogen and oxygen atoms in total. The topological polar surface area (TPSA) is 45.6 Å². The first-order valence-corrected chi connectivity index (χ1v) is 9.87. The predicted octanol–water partition coefficient (Wildman–Crippen LogP) is 4.84. The Morgan fingerprint density at radius 1 is 1.11 bits per heavy atom. The lowest BCUT2D eigenvalue weighted by molar-refractivity contribution is 0.218. The largest absolute Gasteiger partial charge is 0.504 e. The van der Waals surface area contributed by atoms with Crippen LogP contribution in [0.4, 0.5) is 0 Å². The van der Waals surface area contributed by atoms with Gasteiger partial charge in [0.15, 0.2) is 11.5 Å². The van der Waals surface area contributed by atoms with Crippen LogP contribution in [0.25, 0.3) is 11.1 Å². The van der Waals surface area contributed by atoms with Gasteiger partial charge in [-0.1, -0.05) is 43.3 Å². The second kappa shape index (κ2) is 8.44. The highest BCUT2D eigenvalue weighted by Gasteiger charge is 2.20. The van der Waals surface area contributed by atoms with Gasteiger partial charge in [0.1, 0.15) is 6.61 Å². The van der Waals surface area contributed by atoms with Gasteiger partial charge >= 0.3 is 0 Å². The molecule has 0 bridgehead atoms. The number of ether oxygens (including phenoxy) is 1. The maximum atomic E-state index is 10.5. The summed E-state index contributed by atoms with van der Waals surface area (Å²) in [6, 6.07) is 18.5. The zero-order valence-electron chi connectivity index (χ0n) is 16.2. The van der Waals surface area contributed by atoms with E-state index in [-0.39, 0.29) is 5.75 Å². The standard InChI is InChI=1S/C24H26N2O2/c1-18(19-6-3-2-4-7-19)9-11-26-12-13-28-24-22(17-26)14-21(15-23(24)27)20-8-5-10-25-16-20/h2-8,10,14-16,18,27H,9,11-13,17H2,1H3/t18-/m0/s1. The quantitative estimate of drug-likeness (QED) is 0.694. The second-order valence-electron chi connectivity index (χ2n) is 7.45. The summed E-state index contributed by atoms with van der Waals surface area (Å²) < 4.78 is 5.88. The molecule has 0 spiro atoms. The number of phenolic OH excluding ortho intramolecular Hbond substituents is 1. The normalized spacial score (nSPS) is 15.3. The van der Waals surface area contributed by atoms with Crippen LogP contribution in [0.2, 0.25) is 0 Å². The Hall–Kier alpha value is -2.85. The number of hydrogen-bond acceptors (Lipinski definition) is 4. The number of aromatic hydroxyl groups is 1. The average molecular weight is 374 g/mol. The number of benzene rings is 2. The fourth-order valence-electron chi connectivity index (χ4n) is 3.77. The van der Waals surface area contributed by atoms with Gasteiger partial charge in [-0.05, 0) is 48.2 Å². The number of aromatic nitrogens is 1. The summed E-state index contributed by atoms with van der Waals surface area (Å²) in [5.74, 6) is 1.34. The first-order valence-electron chi connectivity index (χ1n) is 9.87. The summed E-state index contributed by atoms with van der Waals surface area (Å²) in [7, 11) is 0. The molecule has 144 valence electrons. The Morgan fingerprint density at radius 2 is 1.96 bits per heavy atom. The number of rotatable bonds is 5. The van der Waals surface area contributed by atoms with Gasteiger partial charge in [-0.3, -0.25) is 9.88 Å². The first kappa shape index (κ1) is 18.5. The summed E-state index contributed by atoms with van der Waals surface area (Å²) in [4.78, 5) is 6.61. The van der Waals surface area contributed by atoms with Crippen LogP contribution in [-0.4, -0.2) is 34.7 Å². The van der Waals surface area contributed by atoms with Crippen LogP contribution in [0.15, 0.2) is 67.0 Å². The zero-order chi connectivity index (χ0) is 19.3. The highest BCUT2D eigenvalue weighted by atomic mass is 16.5. The molecular weight excluding hydrogens is 348 g/mol. The van der Waals surface area contributed by atoms with Crippen molar-refractivity contribution in [2.24, 2.45) is 0 Å². The Kier molecular flexibility index (Phi) is 5.58. The molecule has 0 unspecified atom stereocenters. The molecule has 1 N–H and O–H groups in total. The molecule has 2 heterocycles. The third kappa shape index (κ3) is 4.18. The highest BCUT2D eigenvalue weighted by Crippen LogP contribution is 2.37. The fraction of sp³-hybridized carbons (Fsp3) is 0.292. The molecule has 1 aromatic heterocycles. The summed E-state index contributed by atoms with van der Waals surface area (Å²) in [5, 5.41) is 10.5. The number of phenols is 1. The van der Waals surface area contributed by atoms with Gasteiger partial charge in [0.05, 0.1) is 0 Å². The van der Waals surface area contributed by atoms with Gasteiger partial charge in [0.2, 0.25) is 0 Å². The van der Waals surface area contributed by atoms with E-state index in [1.165, 1.54) is 5.56 Å². The van der Waals surface area contributed by atoms with Crippen molar-refractivity contribution in [1.29, 1.82) is 0 Å². The minimum atomic E-state index is 0.204. The van der Waals surface area contributed by atoms with E-state index in [1.54, 1.807) is 12.3 Å². The predicted molar refractivity (Wildman–Crippen MR) is 112 cm³/mol. The molecule has 2 aromatic carbocycles. The molecule has 4 rings (SSSR count). The van der Waals surface area contributed by atoms with Crippen molar-refractivity contribution >= 4 is 0 Å². The summed E-state index contributed by atoms with van der Waals surface area (Å²) >= 11 is 0. The second-order valence-corrected chi connectivity index (χ2v) is 7.45. The van der Waals surface area contributed by atoms with E-state index < -0.39 is 0 Å². The van der Waals surface area contributed by atoms with Crippen LogP contribution in [0, 0.1) is 0 Å². The Labute approximate surface area is 166 Å². The third-order valence-electron chi connectivity index (χ3n) is 5.44. The van der Waals surface area contributed by atoms with E-state index in [1.807, 2.05) is 18.3 Å². The van der Waals surface area contributed by atoms with Crippen molar-refractivity contribution in [1.82, 2.24) is 9.88 Å². The van der Waals surface area contributed by atoms with Gasteiger partial charge in [-0.25, -0.2) is 0 Å². The highest BCUT2D eigenvalue weighted by molar-refractivity contribution is 5.68. The van der Waals surface area contributed by atoms with Crippen LogP contribution < -0.4 is 4.74 Å². The first-order chi connectivity index (χ1) is 13.7. The number of nitrogens with zero attached hydrogens (tertiary/aromatic N) is 2. The number of fused-ring (bicyclic) bond motifs is 1. The van der Waals surface area contributed by atoms with Crippen molar-refractivity contribution in [3.8, 4) is 22.6 Å². The lowest BCUT2D eigenvalue weighted by Crippen LogP contribution is -2.27. The Bertz CT molecular complexity index is 913.